The van der Waals surface area contributed by atoms with Crippen molar-refractivity contribution in [3.05, 3.63) is 28.2 Å². The van der Waals surface area contributed by atoms with Crippen molar-refractivity contribution in [2.45, 2.75) is 19.3 Å². The number of nitrogens with one attached hydrogen (secondary N) is 1. The topological polar surface area (TPSA) is 92.4 Å². The highest BCUT2D eigenvalue weighted by atomic mass is 79.9. The first-order chi connectivity index (χ1) is 8.94. The molecule has 1 amide bonds. The van der Waals surface area contributed by atoms with E-state index in [1.54, 1.807) is 18.2 Å². The normalized spacial score (nSPS) is 16.5. The maximum Gasteiger partial charge on any atom is 0.311 e. The number of hydrogen-bond donors (Lipinski definition) is 3. The van der Waals surface area contributed by atoms with Gasteiger partial charge in [0.1, 0.15) is 0 Å². The van der Waals surface area contributed by atoms with Crippen LogP contribution in [0.2, 0.25) is 0 Å². The number of halogens is 1. The van der Waals surface area contributed by atoms with Crippen LogP contribution in [0.15, 0.2) is 22.7 Å². The molecule has 5 nitrogen and oxygen atoms in total. The Kier molecular flexibility index (Phi) is 3.80. The lowest BCUT2D eigenvalue weighted by molar-refractivity contribution is -0.153. The first-order valence-electron chi connectivity index (χ1n) is 6.01. The Morgan fingerprint density at radius 1 is 1.42 bits per heavy atom. The summed E-state index contributed by atoms with van der Waals surface area (Å²) in [4.78, 5) is 23.2. The van der Waals surface area contributed by atoms with Crippen LogP contribution in [-0.4, -0.2) is 23.5 Å². The summed E-state index contributed by atoms with van der Waals surface area (Å²) in [5.74, 6) is -1.16. The highest BCUT2D eigenvalue weighted by Gasteiger charge is 2.44. The van der Waals surface area contributed by atoms with E-state index in [9.17, 15) is 14.7 Å². The standard InChI is InChI=1S/C13H15BrN2O3/c14-10-3-2-8(15)6-9(10)11(17)16-7-13(12(18)19)4-1-5-13/h2-3,6H,1,4-5,7,15H2,(H,16,17)(H,18,19). The van der Waals surface area contributed by atoms with Crippen molar-refractivity contribution in [1.82, 2.24) is 5.32 Å². The summed E-state index contributed by atoms with van der Waals surface area (Å²) in [6, 6.07) is 4.94. The molecule has 1 aliphatic carbocycles. The minimum atomic E-state index is -0.842. The summed E-state index contributed by atoms with van der Waals surface area (Å²) < 4.78 is 0.636. The average molecular weight is 327 g/mol. The molecule has 0 unspecified atom stereocenters. The minimum absolute atomic E-state index is 0.155. The number of benzene rings is 1. The van der Waals surface area contributed by atoms with Crippen LogP contribution >= 0.6 is 15.9 Å². The summed E-state index contributed by atoms with van der Waals surface area (Å²) in [7, 11) is 0. The lowest BCUT2D eigenvalue weighted by Gasteiger charge is -2.37. The highest BCUT2D eigenvalue weighted by Crippen LogP contribution is 2.40. The summed E-state index contributed by atoms with van der Waals surface area (Å²) in [5.41, 5.74) is 5.76. The van der Waals surface area contributed by atoms with Crippen molar-refractivity contribution in [1.29, 1.82) is 0 Å². The van der Waals surface area contributed by atoms with Gasteiger partial charge in [0.25, 0.3) is 5.91 Å². The molecule has 1 fully saturated rings. The van der Waals surface area contributed by atoms with E-state index < -0.39 is 11.4 Å². The zero-order chi connectivity index (χ0) is 14.0. The summed E-state index contributed by atoms with van der Waals surface area (Å²) in [6.45, 7) is 0.155. The quantitative estimate of drug-likeness (QED) is 0.738. The Balaban J connectivity index is 2.05. The van der Waals surface area contributed by atoms with Gasteiger partial charge < -0.3 is 16.2 Å². The summed E-state index contributed by atoms with van der Waals surface area (Å²) >= 11 is 3.28. The van der Waals surface area contributed by atoms with Gasteiger partial charge in [0.05, 0.1) is 11.0 Å². The molecule has 1 saturated carbocycles. The van der Waals surface area contributed by atoms with Crippen molar-refractivity contribution >= 4 is 33.5 Å². The van der Waals surface area contributed by atoms with E-state index in [1.807, 2.05) is 0 Å². The van der Waals surface area contributed by atoms with Gasteiger partial charge in [-0.1, -0.05) is 6.42 Å². The zero-order valence-corrected chi connectivity index (χ0v) is 11.9. The van der Waals surface area contributed by atoms with Gasteiger partial charge in [0, 0.05) is 16.7 Å². The van der Waals surface area contributed by atoms with Gasteiger partial charge in [0.15, 0.2) is 0 Å². The fourth-order valence-corrected chi connectivity index (χ4v) is 2.56. The van der Waals surface area contributed by atoms with Crippen molar-refractivity contribution < 1.29 is 14.7 Å². The van der Waals surface area contributed by atoms with Crippen molar-refractivity contribution in [3.8, 4) is 0 Å². The molecule has 6 heteroatoms. The van der Waals surface area contributed by atoms with Crippen LogP contribution in [0.25, 0.3) is 0 Å². The number of carbonyl (C=O) groups is 2. The predicted octanol–water partition coefficient (Wildman–Crippen LogP) is 2.02. The number of anilines is 1. The number of rotatable bonds is 4. The van der Waals surface area contributed by atoms with Gasteiger partial charge in [-0.15, -0.1) is 0 Å². The number of hydrogen-bond acceptors (Lipinski definition) is 3. The Hall–Kier alpha value is -1.56. The number of amides is 1. The van der Waals surface area contributed by atoms with Crippen LogP contribution in [0.5, 0.6) is 0 Å². The van der Waals surface area contributed by atoms with Crippen molar-refractivity contribution in [2.24, 2.45) is 5.41 Å². The van der Waals surface area contributed by atoms with Gasteiger partial charge in [-0.05, 0) is 47.0 Å². The highest BCUT2D eigenvalue weighted by molar-refractivity contribution is 9.10. The molecule has 0 aliphatic heterocycles. The van der Waals surface area contributed by atoms with Crippen LogP contribution in [0.3, 0.4) is 0 Å². The molecule has 4 N–H and O–H groups in total. The largest absolute Gasteiger partial charge is 0.481 e. The van der Waals surface area contributed by atoms with Crippen LogP contribution < -0.4 is 11.1 Å². The molecule has 0 heterocycles. The minimum Gasteiger partial charge on any atom is -0.481 e. The average Bonchev–Trinajstić information content (AvgIpc) is 2.30. The van der Waals surface area contributed by atoms with E-state index in [-0.39, 0.29) is 12.5 Å². The van der Waals surface area contributed by atoms with Crippen LogP contribution in [0.4, 0.5) is 5.69 Å². The second-order valence-corrected chi connectivity index (χ2v) is 5.72. The molecular weight excluding hydrogens is 312 g/mol. The molecule has 19 heavy (non-hydrogen) atoms. The third-order valence-electron chi connectivity index (χ3n) is 3.59. The number of nitrogen functional groups attached to an aromatic ring is 1. The van der Waals surface area contributed by atoms with Gasteiger partial charge in [0.2, 0.25) is 0 Å². The van der Waals surface area contributed by atoms with Gasteiger partial charge >= 0.3 is 5.97 Å². The molecule has 0 bridgehead atoms. The predicted molar refractivity (Wildman–Crippen MR) is 74.8 cm³/mol. The maximum absolute atomic E-state index is 12.0. The van der Waals surface area contributed by atoms with Gasteiger partial charge in [-0.2, -0.15) is 0 Å². The maximum atomic E-state index is 12.0. The van der Waals surface area contributed by atoms with E-state index in [1.165, 1.54) is 0 Å². The molecule has 0 radical (unpaired) electrons. The SMILES string of the molecule is Nc1ccc(Br)c(C(=O)NCC2(C(=O)O)CCC2)c1. The zero-order valence-electron chi connectivity index (χ0n) is 10.3. The Morgan fingerprint density at radius 3 is 2.63 bits per heavy atom. The van der Waals surface area contributed by atoms with Crippen LogP contribution in [-0.2, 0) is 4.79 Å². The van der Waals surface area contributed by atoms with Gasteiger partial charge in [-0.25, -0.2) is 0 Å². The molecule has 1 aromatic rings. The van der Waals surface area contributed by atoms with E-state index >= 15 is 0 Å². The molecule has 0 spiro atoms. The monoisotopic (exact) mass is 326 g/mol. The number of carbonyl (C=O) groups excluding carboxylic acids is 1. The van der Waals surface area contributed by atoms with Gasteiger partial charge in [-0.3, -0.25) is 9.59 Å². The number of carboxylic acids is 1. The van der Waals surface area contributed by atoms with E-state index in [0.29, 0.717) is 28.6 Å². The first-order valence-corrected chi connectivity index (χ1v) is 6.80. The van der Waals surface area contributed by atoms with Crippen LogP contribution in [0.1, 0.15) is 29.6 Å². The van der Waals surface area contributed by atoms with Crippen molar-refractivity contribution in [2.75, 3.05) is 12.3 Å². The summed E-state index contributed by atoms with van der Waals surface area (Å²) in [6.07, 6.45) is 2.12. The Labute approximate surface area is 119 Å². The lowest BCUT2D eigenvalue weighted by Crippen LogP contribution is -2.47. The van der Waals surface area contributed by atoms with E-state index in [2.05, 4.69) is 21.2 Å². The molecule has 0 aromatic heterocycles. The second kappa shape index (κ2) is 5.21. The van der Waals surface area contributed by atoms with Crippen molar-refractivity contribution in [3.63, 3.8) is 0 Å². The number of carboxylic acid groups (broad SMARTS) is 1. The molecule has 0 saturated heterocycles. The summed E-state index contributed by atoms with van der Waals surface area (Å²) in [5, 5.41) is 11.9. The third-order valence-corrected chi connectivity index (χ3v) is 4.28. The van der Waals surface area contributed by atoms with E-state index in [0.717, 1.165) is 6.42 Å². The molecule has 1 aromatic carbocycles. The van der Waals surface area contributed by atoms with Crippen LogP contribution in [0, 0.1) is 5.41 Å². The number of nitrogens with two attached hydrogens (primary N) is 1. The fraction of sp³-hybridized carbons (Fsp3) is 0.385. The Bertz CT molecular complexity index is 527. The first kappa shape index (κ1) is 13.9. The molecular formula is C13H15BrN2O3. The smallest absolute Gasteiger partial charge is 0.311 e. The molecule has 0 atom stereocenters. The molecule has 1 aliphatic rings. The molecule has 102 valence electrons. The molecule has 2 rings (SSSR count). The number of aliphatic carboxylic acids is 1. The fourth-order valence-electron chi connectivity index (χ4n) is 2.13. The third kappa shape index (κ3) is 2.73. The Morgan fingerprint density at radius 2 is 2.11 bits per heavy atom. The second-order valence-electron chi connectivity index (χ2n) is 4.86. The lowest BCUT2D eigenvalue weighted by atomic mass is 9.69. The van der Waals surface area contributed by atoms with E-state index in [4.69, 9.17) is 5.73 Å².